The summed E-state index contributed by atoms with van der Waals surface area (Å²) in [6.45, 7) is 0. The van der Waals surface area contributed by atoms with Crippen LogP contribution in [0.5, 0.6) is 0 Å². The van der Waals surface area contributed by atoms with E-state index in [2.05, 4.69) is 0 Å². The molecule has 1 aliphatic rings. The highest BCUT2D eigenvalue weighted by Gasteiger charge is 2.37. The van der Waals surface area contributed by atoms with Crippen LogP contribution in [-0.4, -0.2) is 11.0 Å². The summed E-state index contributed by atoms with van der Waals surface area (Å²) in [7, 11) is 0. The second kappa shape index (κ2) is 5.32. The van der Waals surface area contributed by atoms with Gasteiger partial charge in [0.25, 0.3) is 0 Å². The van der Waals surface area contributed by atoms with E-state index in [4.69, 9.17) is 23.2 Å². The Morgan fingerprint density at radius 3 is 2.33 bits per heavy atom. The molecule has 100 valence electrons. The van der Waals surface area contributed by atoms with Gasteiger partial charge < -0.3 is 5.11 Å². The van der Waals surface area contributed by atoms with Crippen LogP contribution in [0.1, 0.15) is 37.4 Å². The Kier molecular flexibility index (Phi) is 4.15. The van der Waals surface area contributed by atoms with Gasteiger partial charge in [-0.25, -0.2) is 8.78 Å². The number of halogens is 4. The number of benzene rings is 1. The molecule has 1 aromatic carbocycles. The quantitative estimate of drug-likeness (QED) is 0.826. The molecule has 2 rings (SSSR count). The average Bonchev–Trinajstić information content (AvgIpc) is 2.32. The molecule has 1 saturated carbocycles. The minimum atomic E-state index is -2.58. The monoisotopic (exact) mass is 294 g/mol. The van der Waals surface area contributed by atoms with Gasteiger partial charge in [-0.15, -0.1) is 0 Å². The summed E-state index contributed by atoms with van der Waals surface area (Å²) in [5, 5.41) is 11.0. The first-order chi connectivity index (χ1) is 8.39. The van der Waals surface area contributed by atoms with Crippen molar-refractivity contribution in [2.75, 3.05) is 0 Å². The standard InChI is InChI=1S/C13H14Cl2F2O/c14-10-2-1-9(7-11(10)15)12(18)8-3-5-13(16,17)6-4-8/h1-2,7-8,12,18H,3-6H2. The van der Waals surface area contributed by atoms with Crippen LogP contribution in [0, 0.1) is 5.92 Å². The maximum absolute atomic E-state index is 13.0. The van der Waals surface area contributed by atoms with E-state index in [-0.39, 0.29) is 18.8 Å². The Bertz CT molecular complexity index is 427. The SMILES string of the molecule is OC(c1ccc(Cl)c(Cl)c1)C1CCC(F)(F)CC1. The maximum Gasteiger partial charge on any atom is 0.248 e. The Balaban J connectivity index is 2.07. The molecule has 0 heterocycles. The van der Waals surface area contributed by atoms with Gasteiger partial charge in [-0.2, -0.15) is 0 Å². The Labute approximate surface area is 115 Å². The van der Waals surface area contributed by atoms with E-state index >= 15 is 0 Å². The Hall–Kier alpha value is -0.380. The van der Waals surface area contributed by atoms with Gasteiger partial charge in [0.05, 0.1) is 16.1 Å². The van der Waals surface area contributed by atoms with Crippen molar-refractivity contribution in [2.45, 2.75) is 37.7 Å². The summed E-state index contributed by atoms with van der Waals surface area (Å²) in [6.07, 6.45) is -0.412. The fourth-order valence-electron chi connectivity index (χ4n) is 2.35. The summed E-state index contributed by atoms with van der Waals surface area (Å²) in [6, 6.07) is 4.90. The zero-order valence-electron chi connectivity index (χ0n) is 9.67. The van der Waals surface area contributed by atoms with Crippen LogP contribution >= 0.6 is 23.2 Å². The molecule has 0 bridgehead atoms. The lowest BCUT2D eigenvalue weighted by molar-refractivity contribution is -0.0627. The van der Waals surface area contributed by atoms with Gasteiger partial charge in [0, 0.05) is 12.8 Å². The zero-order chi connectivity index (χ0) is 13.3. The first-order valence-corrected chi connectivity index (χ1v) is 6.65. The van der Waals surface area contributed by atoms with E-state index in [9.17, 15) is 13.9 Å². The van der Waals surface area contributed by atoms with Crippen molar-refractivity contribution in [1.82, 2.24) is 0 Å². The number of alkyl halides is 2. The number of aliphatic hydroxyl groups is 1. The number of rotatable bonds is 2. The topological polar surface area (TPSA) is 20.2 Å². The molecule has 0 saturated heterocycles. The van der Waals surface area contributed by atoms with Gasteiger partial charge in [0.15, 0.2) is 0 Å². The maximum atomic E-state index is 13.0. The largest absolute Gasteiger partial charge is 0.388 e. The summed E-state index contributed by atoms with van der Waals surface area (Å²) in [4.78, 5) is 0. The van der Waals surface area contributed by atoms with Crippen LogP contribution in [0.3, 0.4) is 0 Å². The normalized spacial score (nSPS) is 21.8. The minimum Gasteiger partial charge on any atom is -0.388 e. The Morgan fingerprint density at radius 1 is 1.17 bits per heavy atom. The van der Waals surface area contributed by atoms with Gasteiger partial charge in [0.2, 0.25) is 5.92 Å². The second-order valence-corrected chi connectivity index (χ2v) is 5.63. The van der Waals surface area contributed by atoms with E-state index in [1.165, 1.54) is 0 Å². The molecule has 0 spiro atoms. The van der Waals surface area contributed by atoms with E-state index in [0.29, 0.717) is 28.5 Å². The smallest absolute Gasteiger partial charge is 0.248 e. The second-order valence-electron chi connectivity index (χ2n) is 4.81. The van der Waals surface area contributed by atoms with Crippen LogP contribution in [0.2, 0.25) is 10.0 Å². The summed E-state index contributed by atoms with van der Waals surface area (Å²) in [5.74, 6) is -2.71. The third-order valence-electron chi connectivity index (χ3n) is 3.49. The van der Waals surface area contributed by atoms with Crippen molar-refractivity contribution in [3.05, 3.63) is 33.8 Å². The third kappa shape index (κ3) is 3.14. The molecular weight excluding hydrogens is 281 g/mol. The molecule has 0 radical (unpaired) electrons. The minimum absolute atomic E-state index is 0.137. The van der Waals surface area contributed by atoms with Crippen LogP contribution < -0.4 is 0 Å². The van der Waals surface area contributed by atoms with Crippen molar-refractivity contribution < 1.29 is 13.9 Å². The lowest BCUT2D eigenvalue weighted by Gasteiger charge is -2.31. The van der Waals surface area contributed by atoms with Crippen LogP contribution in [0.4, 0.5) is 8.78 Å². The zero-order valence-corrected chi connectivity index (χ0v) is 11.2. The van der Waals surface area contributed by atoms with E-state index in [1.807, 2.05) is 0 Å². The van der Waals surface area contributed by atoms with Crippen molar-refractivity contribution in [3.63, 3.8) is 0 Å². The predicted molar refractivity (Wildman–Crippen MR) is 68.3 cm³/mol. The van der Waals surface area contributed by atoms with Gasteiger partial charge >= 0.3 is 0 Å². The number of hydrogen-bond acceptors (Lipinski definition) is 1. The van der Waals surface area contributed by atoms with Crippen molar-refractivity contribution >= 4 is 23.2 Å². The molecule has 1 atom stereocenters. The fraction of sp³-hybridized carbons (Fsp3) is 0.538. The molecule has 1 fully saturated rings. The average molecular weight is 295 g/mol. The van der Waals surface area contributed by atoms with Gasteiger partial charge in [0.1, 0.15) is 0 Å². The molecule has 0 aromatic heterocycles. The molecule has 18 heavy (non-hydrogen) atoms. The predicted octanol–water partition coefficient (Wildman–Crippen LogP) is 4.85. The molecular formula is C13H14Cl2F2O. The first-order valence-electron chi connectivity index (χ1n) is 5.90. The van der Waals surface area contributed by atoms with Crippen molar-refractivity contribution in [1.29, 1.82) is 0 Å². The highest BCUT2D eigenvalue weighted by atomic mass is 35.5. The molecule has 1 aromatic rings. The molecule has 0 aliphatic heterocycles. The van der Waals surface area contributed by atoms with E-state index < -0.39 is 12.0 Å². The first kappa shape index (κ1) is 14.0. The Morgan fingerprint density at radius 2 is 1.78 bits per heavy atom. The summed E-state index contributed by atoms with van der Waals surface area (Å²) >= 11 is 11.7. The molecule has 1 unspecified atom stereocenters. The van der Waals surface area contributed by atoms with Gasteiger partial charge in [-0.3, -0.25) is 0 Å². The van der Waals surface area contributed by atoms with Gasteiger partial charge in [-0.1, -0.05) is 29.3 Å². The number of aliphatic hydroxyl groups excluding tert-OH is 1. The molecule has 5 heteroatoms. The lowest BCUT2D eigenvalue weighted by Crippen LogP contribution is -2.27. The highest BCUT2D eigenvalue weighted by Crippen LogP contribution is 2.41. The molecule has 1 nitrogen and oxygen atoms in total. The third-order valence-corrected chi connectivity index (χ3v) is 4.23. The van der Waals surface area contributed by atoms with Crippen LogP contribution in [-0.2, 0) is 0 Å². The summed E-state index contributed by atoms with van der Waals surface area (Å²) in [5.41, 5.74) is 0.639. The molecule has 1 N–H and O–H groups in total. The van der Waals surface area contributed by atoms with Crippen LogP contribution in [0.15, 0.2) is 18.2 Å². The summed E-state index contributed by atoms with van der Waals surface area (Å²) < 4.78 is 26.1. The van der Waals surface area contributed by atoms with Crippen LogP contribution in [0.25, 0.3) is 0 Å². The highest BCUT2D eigenvalue weighted by molar-refractivity contribution is 6.42. The van der Waals surface area contributed by atoms with E-state index in [0.717, 1.165) is 0 Å². The molecule has 1 aliphatic carbocycles. The van der Waals surface area contributed by atoms with E-state index in [1.54, 1.807) is 18.2 Å². The van der Waals surface area contributed by atoms with Crippen molar-refractivity contribution in [3.8, 4) is 0 Å². The number of hydrogen-bond donors (Lipinski definition) is 1. The fourth-order valence-corrected chi connectivity index (χ4v) is 2.65. The van der Waals surface area contributed by atoms with Crippen molar-refractivity contribution in [2.24, 2.45) is 5.92 Å². The molecule has 0 amide bonds. The van der Waals surface area contributed by atoms with Gasteiger partial charge in [-0.05, 0) is 36.5 Å². The lowest BCUT2D eigenvalue weighted by atomic mass is 9.81.